The molecule has 3 atom stereocenters. The summed E-state index contributed by atoms with van der Waals surface area (Å²) in [5, 5.41) is 8.23. The number of halogens is 1. The van der Waals surface area contributed by atoms with Crippen LogP contribution in [0.5, 0.6) is 0 Å². The van der Waals surface area contributed by atoms with Gasteiger partial charge in [0.2, 0.25) is 0 Å². The van der Waals surface area contributed by atoms with E-state index >= 15 is 0 Å². The number of rotatable bonds is 6. The van der Waals surface area contributed by atoms with Gasteiger partial charge in [0.15, 0.2) is 5.15 Å². The van der Waals surface area contributed by atoms with Crippen LogP contribution in [-0.4, -0.2) is 44.5 Å². The molecule has 6 nitrogen and oxygen atoms in total. The molecular formula is C27H29ClN6S. The van der Waals surface area contributed by atoms with Crippen LogP contribution in [0.25, 0.3) is 33.6 Å². The zero-order valence-corrected chi connectivity index (χ0v) is 21.2. The average Bonchev–Trinajstić information content (AvgIpc) is 3.70. The van der Waals surface area contributed by atoms with Crippen LogP contribution in [0.2, 0.25) is 5.15 Å². The number of hydrogen-bond donors (Lipinski definition) is 4. The third kappa shape index (κ3) is 4.66. The lowest BCUT2D eigenvalue weighted by atomic mass is 10.0. The summed E-state index contributed by atoms with van der Waals surface area (Å²) in [6.07, 6.45) is 7.49. The van der Waals surface area contributed by atoms with Crippen molar-refractivity contribution in [3.63, 3.8) is 0 Å². The van der Waals surface area contributed by atoms with Gasteiger partial charge in [0.1, 0.15) is 11.6 Å². The van der Waals surface area contributed by atoms with Crippen molar-refractivity contribution in [1.82, 2.24) is 30.6 Å². The minimum Gasteiger partial charge on any atom is -0.341 e. The van der Waals surface area contributed by atoms with Gasteiger partial charge in [-0.1, -0.05) is 60.1 Å². The van der Waals surface area contributed by atoms with E-state index in [-0.39, 0.29) is 6.04 Å². The van der Waals surface area contributed by atoms with E-state index in [0.29, 0.717) is 16.4 Å². The van der Waals surface area contributed by atoms with Crippen molar-refractivity contribution in [3.05, 3.63) is 71.5 Å². The summed E-state index contributed by atoms with van der Waals surface area (Å²) in [7, 11) is 0. The van der Waals surface area contributed by atoms with E-state index in [2.05, 4.69) is 85.4 Å². The molecule has 0 aliphatic carbocycles. The summed E-state index contributed by atoms with van der Waals surface area (Å²) < 4.78 is 0. The molecule has 6 rings (SSSR count). The summed E-state index contributed by atoms with van der Waals surface area (Å²) in [6.45, 7) is 2.07. The van der Waals surface area contributed by atoms with Crippen molar-refractivity contribution >= 4 is 23.4 Å². The maximum absolute atomic E-state index is 6.46. The Morgan fingerprint density at radius 2 is 1.57 bits per heavy atom. The summed E-state index contributed by atoms with van der Waals surface area (Å²) in [6, 6.07) is 17.7. The Bertz CT molecular complexity index is 1290. The fourth-order valence-electron chi connectivity index (χ4n) is 5.07. The largest absolute Gasteiger partial charge is 0.341 e. The third-order valence-electron chi connectivity index (χ3n) is 7.12. The molecule has 180 valence electrons. The van der Waals surface area contributed by atoms with E-state index in [1.165, 1.54) is 12.0 Å². The van der Waals surface area contributed by atoms with E-state index in [0.717, 1.165) is 65.7 Å². The highest BCUT2D eigenvalue weighted by molar-refractivity contribution is 7.99. The number of benzene rings is 2. The van der Waals surface area contributed by atoms with E-state index in [1.54, 1.807) is 0 Å². The molecule has 2 aliphatic heterocycles. The highest BCUT2D eigenvalue weighted by Crippen LogP contribution is 2.32. The SMILES string of the molecule is CS[C@@H]1CN[C@H](c2ncc(-c3ccc(-c4ccc(-c5[nH]c(C6CCCN6)nc5Cl)cc4)cc3)[nH]2)C1. The summed E-state index contributed by atoms with van der Waals surface area (Å²) >= 11 is 8.39. The second-order valence-electron chi connectivity index (χ2n) is 9.33. The first kappa shape index (κ1) is 22.9. The van der Waals surface area contributed by atoms with Gasteiger partial charge in [-0.05, 0) is 48.8 Å². The first-order valence-corrected chi connectivity index (χ1v) is 13.9. The predicted octanol–water partition coefficient (Wildman–Crippen LogP) is 5.98. The number of aromatic amines is 2. The van der Waals surface area contributed by atoms with Crippen LogP contribution in [0.15, 0.2) is 54.7 Å². The normalized spacial score (nSPS) is 22.2. The van der Waals surface area contributed by atoms with Gasteiger partial charge in [-0.25, -0.2) is 9.97 Å². The van der Waals surface area contributed by atoms with Gasteiger partial charge >= 0.3 is 0 Å². The molecule has 4 aromatic rings. The predicted molar refractivity (Wildman–Crippen MR) is 145 cm³/mol. The van der Waals surface area contributed by atoms with Crippen LogP contribution in [0, 0.1) is 0 Å². The second kappa shape index (κ2) is 9.82. The molecular weight excluding hydrogens is 476 g/mol. The lowest BCUT2D eigenvalue weighted by Crippen LogP contribution is -2.15. The molecule has 0 radical (unpaired) electrons. The van der Waals surface area contributed by atoms with Crippen LogP contribution in [-0.2, 0) is 0 Å². The minimum atomic E-state index is 0.270. The highest BCUT2D eigenvalue weighted by atomic mass is 35.5. The van der Waals surface area contributed by atoms with Gasteiger partial charge in [0.25, 0.3) is 0 Å². The molecule has 0 bridgehead atoms. The maximum Gasteiger partial charge on any atom is 0.155 e. The first-order valence-electron chi connectivity index (χ1n) is 12.2. The summed E-state index contributed by atoms with van der Waals surface area (Å²) in [5.74, 6) is 1.96. The molecule has 2 saturated heterocycles. The lowest BCUT2D eigenvalue weighted by molar-refractivity contribution is 0.613. The molecule has 35 heavy (non-hydrogen) atoms. The molecule has 2 fully saturated rings. The van der Waals surface area contributed by atoms with Crippen LogP contribution >= 0.6 is 23.4 Å². The zero-order chi connectivity index (χ0) is 23.8. The quantitative estimate of drug-likeness (QED) is 0.260. The summed E-state index contributed by atoms with van der Waals surface area (Å²) in [4.78, 5) is 16.2. The number of imidazole rings is 2. The van der Waals surface area contributed by atoms with Crippen LogP contribution < -0.4 is 10.6 Å². The van der Waals surface area contributed by atoms with E-state index in [9.17, 15) is 0 Å². The molecule has 4 N–H and O–H groups in total. The zero-order valence-electron chi connectivity index (χ0n) is 19.6. The molecule has 4 heterocycles. The van der Waals surface area contributed by atoms with Crippen LogP contribution in [0.4, 0.5) is 0 Å². The number of thioether (sulfide) groups is 1. The fraction of sp³-hybridized carbons (Fsp3) is 0.333. The Morgan fingerprint density at radius 3 is 2.23 bits per heavy atom. The molecule has 0 spiro atoms. The Balaban J connectivity index is 1.16. The van der Waals surface area contributed by atoms with Gasteiger partial charge in [-0.2, -0.15) is 11.8 Å². The van der Waals surface area contributed by atoms with Crippen LogP contribution in [0.3, 0.4) is 0 Å². The van der Waals surface area contributed by atoms with Crippen molar-refractivity contribution in [2.24, 2.45) is 0 Å². The number of H-pyrrole nitrogens is 2. The number of nitrogens with zero attached hydrogens (tertiary/aromatic N) is 2. The fourth-order valence-corrected chi connectivity index (χ4v) is 5.96. The third-order valence-corrected chi connectivity index (χ3v) is 8.42. The van der Waals surface area contributed by atoms with Gasteiger partial charge in [0.05, 0.1) is 29.7 Å². The topological polar surface area (TPSA) is 81.4 Å². The second-order valence-corrected chi connectivity index (χ2v) is 10.8. The monoisotopic (exact) mass is 504 g/mol. The van der Waals surface area contributed by atoms with Gasteiger partial charge in [-0.3, -0.25) is 0 Å². The molecule has 2 aliphatic rings. The number of nitrogens with one attached hydrogen (secondary N) is 4. The van der Waals surface area contributed by atoms with Crippen molar-refractivity contribution in [2.45, 2.75) is 36.6 Å². The average molecular weight is 505 g/mol. The van der Waals surface area contributed by atoms with E-state index in [1.807, 2.05) is 18.0 Å². The van der Waals surface area contributed by atoms with Crippen molar-refractivity contribution in [2.75, 3.05) is 19.3 Å². The number of aromatic nitrogens is 4. The van der Waals surface area contributed by atoms with Crippen LogP contribution in [0.1, 0.15) is 43.0 Å². The Morgan fingerprint density at radius 1 is 0.857 bits per heavy atom. The first-order chi connectivity index (χ1) is 17.2. The standard InChI is InChI=1S/C27H29ClN6S/c1-35-20-13-22(30-14-20)26-31-15-23(32-26)18-8-4-16(5-9-18)17-6-10-19(11-7-17)24-25(28)34-27(33-24)21-3-2-12-29-21/h4-11,15,20-22,29-30H,2-3,12-14H2,1H3,(H,31,32)(H,33,34)/t20-,21?,22-/m0/s1. The van der Waals surface area contributed by atoms with Gasteiger partial charge in [0, 0.05) is 17.4 Å². The van der Waals surface area contributed by atoms with E-state index in [4.69, 9.17) is 11.6 Å². The summed E-state index contributed by atoms with van der Waals surface area (Å²) in [5.41, 5.74) is 6.46. The minimum absolute atomic E-state index is 0.270. The van der Waals surface area contributed by atoms with Crippen molar-refractivity contribution in [1.29, 1.82) is 0 Å². The molecule has 0 saturated carbocycles. The Hall–Kier alpha value is -2.58. The van der Waals surface area contributed by atoms with Gasteiger partial charge in [-0.15, -0.1) is 0 Å². The molecule has 2 aromatic heterocycles. The van der Waals surface area contributed by atoms with E-state index < -0.39 is 0 Å². The molecule has 1 unspecified atom stereocenters. The number of hydrogen-bond acceptors (Lipinski definition) is 5. The molecule has 8 heteroatoms. The Kier molecular flexibility index (Phi) is 6.41. The maximum atomic E-state index is 6.46. The van der Waals surface area contributed by atoms with Crippen molar-refractivity contribution in [3.8, 4) is 33.6 Å². The molecule has 0 amide bonds. The molecule has 2 aromatic carbocycles. The Labute approximate surface area is 214 Å². The van der Waals surface area contributed by atoms with Crippen molar-refractivity contribution < 1.29 is 0 Å². The highest BCUT2D eigenvalue weighted by Gasteiger charge is 2.26. The lowest BCUT2D eigenvalue weighted by Gasteiger charge is -2.07. The van der Waals surface area contributed by atoms with Gasteiger partial charge < -0.3 is 20.6 Å². The smallest absolute Gasteiger partial charge is 0.155 e.